The molecule has 0 nitrogen and oxygen atoms in total. The van der Waals surface area contributed by atoms with Gasteiger partial charge in [0.15, 0.2) is 0 Å². The van der Waals surface area contributed by atoms with Crippen molar-refractivity contribution in [2.24, 2.45) is 5.92 Å². The van der Waals surface area contributed by atoms with Crippen LogP contribution in [0.25, 0.3) is 0 Å². The topological polar surface area (TPSA) is 0 Å². The summed E-state index contributed by atoms with van der Waals surface area (Å²) in [5.41, 5.74) is 4.66. The summed E-state index contributed by atoms with van der Waals surface area (Å²) in [6.07, 6.45) is 19.3. The molecule has 0 radical (unpaired) electrons. The molecule has 0 spiro atoms. The Labute approximate surface area is 221 Å². The van der Waals surface area contributed by atoms with Gasteiger partial charge in [-0.25, -0.2) is 0 Å². The summed E-state index contributed by atoms with van der Waals surface area (Å²) < 4.78 is 0. The molecule has 0 aliphatic heterocycles. The van der Waals surface area contributed by atoms with Gasteiger partial charge in [0.25, 0.3) is 0 Å². The second kappa shape index (κ2) is 11.9. The highest BCUT2D eigenvalue weighted by atomic mass is 31.1. The molecule has 0 aromatic heterocycles. The molecule has 3 atom stereocenters. The molecule has 198 valence electrons. The first-order valence-corrected chi connectivity index (χ1v) is 18.1. The zero-order valence-electron chi connectivity index (χ0n) is 24.3. The zero-order valence-corrected chi connectivity index (χ0v) is 26.1. The van der Waals surface area contributed by atoms with E-state index >= 15 is 0 Å². The monoisotopic (exact) mass is 514 g/mol. The minimum Gasteiger partial charge on any atom is -0.0924 e. The molecule has 0 N–H and O–H groups in total. The first-order chi connectivity index (χ1) is 16.6. The lowest BCUT2D eigenvalue weighted by Gasteiger charge is -2.48. The molecule has 3 fully saturated rings. The van der Waals surface area contributed by atoms with Crippen molar-refractivity contribution in [3.05, 3.63) is 29.8 Å². The van der Waals surface area contributed by atoms with Gasteiger partial charge >= 0.3 is 0 Å². The molecule has 2 unspecified atom stereocenters. The number of hydrogen-bond acceptors (Lipinski definition) is 0. The van der Waals surface area contributed by atoms with Gasteiger partial charge in [-0.3, -0.25) is 0 Å². The van der Waals surface area contributed by atoms with Gasteiger partial charge in [-0.05, 0) is 88.5 Å². The highest BCUT2D eigenvalue weighted by Gasteiger charge is 2.45. The summed E-state index contributed by atoms with van der Waals surface area (Å²) in [7, 11) is -0.0984. The molecule has 1 aromatic rings. The fourth-order valence-corrected chi connectivity index (χ4v) is 18.0. The molecule has 3 aliphatic carbocycles. The van der Waals surface area contributed by atoms with E-state index < -0.39 is 0 Å². The molecule has 0 bridgehead atoms. The van der Waals surface area contributed by atoms with Crippen LogP contribution in [0.1, 0.15) is 143 Å². The highest BCUT2D eigenvalue weighted by molar-refractivity contribution is 7.67. The fraction of sp³-hybridized carbons (Fsp3) is 0.818. The van der Waals surface area contributed by atoms with E-state index in [-0.39, 0.29) is 15.8 Å². The third kappa shape index (κ3) is 6.57. The third-order valence-electron chi connectivity index (χ3n) is 9.59. The minimum absolute atomic E-state index is 0.0225. The summed E-state index contributed by atoms with van der Waals surface area (Å²) in [5, 5.41) is 2.70. The summed E-state index contributed by atoms with van der Waals surface area (Å²) in [6.45, 7) is 17.9. The summed E-state index contributed by atoms with van der Waals surface area (Å²) >= 11 is 0. The zero-order chi connectivity index (χ0) is 25.2. The summed E-state index contributed by atoms with van der Waals surface area (Å²) in [5.74, 6) is 1.67. The summed E-state index contributed by atoms with van der Waals surface area (Å²) in [4.78, 5) is 0. The number of benzene rings is 1. The maximum atomic E-state index is 2.67. The van der Waals surface area contributed by atoms with Crippen LogP contribution in [0, 0.1) is 5.92 Å². The van der Waals surface area contributed by atoms with Crippen molar-refractivity contribution in [3.63, 3.8) is 0 Å². The Morgan fingerprint density at radius 2 is 1.17 bits per heavy atom. The van der Waals surface area contributed by atoms with Crippen molar-refractivity contribution >= 4 is 21.1 Å². The molecule has 0 heterocycles. The Hall–Kier alpha value is 0.0800. The predicted octanol–water partition coefficient (Wildman–Crippen LogP) is 10.8. The molecule has 1 aromatic carbocycles. The molecular weight excluding hydrogens is 458 g/mol. The summed E-state index contributed by atoms with van der Waals surface area (Å²) in [6, 6.07) is 10.1. The van der Waals surface area contributed by atoms with Crippen LogP contribution in [-0.2, 0) is 0 Å². The second-order valence-corrected chi connectivity index (χ2v) is 21.2. The number of hydrogen-bond donors (Lipinski definition) is 0. The molecule has 3 aliphatic rings. The van der Waals surface area contributed by atoms with E-state index in [9.17, 15) is 0 Å². The molecule has 2 heteroatoms. The molecule has 0 saturated heterocycles. The molecule has 0 amide bonds. The van der Waals surface area contributed by atoms with Crippen LogP contribution in [0.2, 0.25) is 0 Å². The average molecular weight is 515 g/mol. The van der Waals surface area contributed by atoms with Crippen molar-refractivity contribution < 1.29 is 0 Å². The van der Waals surface area contributed by atoms with Crippen LogP contribution in [0.4, 0.5) is 0 Å². The van der Waals surface area contributed by atoms with Crippen molar-refractivity contribution in [3.8, 4) is 0 Å². The third-order valence-corrected chi connectivity index (χ3v) is 17.3. The van der Waals surface area contributed by atoms with Gasteiger partial charge in [-0.1, -0.05) is 134 Å². The number of rotatable bonds is 6. The quantitative estimate of drug-likeness (QED) is 0.331. The molecule has 4 rings (SSSR count). The normalized spacial score (nSPS) is 26.5. The molecular formula is C33H56P2. The Bertz CT molecular complexity index is 756. The smallest absolute Gasteiger partial charge is 0.0121 e. The maximum absolute atomic E-state index is 2.67. The Morgan fingerprint density at radius 3 is 1.69 bits per heavy atom. The Kier molecular flexibility index (Phi) is 9.52. The first-order valence-electron chi connectivity index (χ1n) is 15.3. The van der Waals surface area contributed by atoms with Gasteiger partial charge in [0, 0.05) is 0 Å². The van der Waals surface area contributed by atoms with Gasteiger partial charge in [0.05, 0.1) is 0 Å². The van der Waals surface area contributed by atoms with E-state index in [0.717, 1.165) is 28.8 Å². The van der Waals surface area contributed by atoms with E-state index in [1.165, 1.54) is 83.5 Å². The lowest BCUT2D eigenvalue weighted by atomic mass is 9.87. The van der Waals surface area contributed by atoms with Gasteiger partial charge in [0.2, 0.25) is 0 Å². The van der Waals surface area contributed by atoms with E-state index in [1.54, 1.807) is 0 Å². The van der Waals surface area contributed by atoms with Crippen molar-refractivity contribution in [2.75, 3.05) is 0 Å². The van der Waals surface area contributed by atoms with Gasteiger partial charge < -0.3 is 0 Å². The Balaban J connectivity index is 1.69. The largest absolute Gasteiger partial charge is 0.0924 e. The van der Waals surface area contributed by atoms with E-state index in [4.69, 9.17) is 0 Å². The fourth-order valence-electron chi connectivity index (χ4n) is 8.82. The van der Waals surface area contributed by atoms with Crippen molar-refractivity contribution in [1.82, 2.24) is 0 Å². The first kappa shape index (κ1) is 28.1. The van der Waals surface area contributed by atoms with Crippen LogP contribution in [-0.4, -0.2) is 27.3 Å². The molecule has 3 saturated carbocycles. The van der Waals surface area contributed by atoms with Crippen LogP contribution < -0.4 is 5.30 Å². The van der Waals surface area contributed by atoms with Crippen LogP contribution in [0.3, 0.4) is 0 Å². The SMILES string of the molecule is C[C@H](C1CCCC1c1ccccc1P(C1CCCCC1)C1CCCCC1)P(C(C)(C)C)C(C)(C)C. The van der Waals surface area contributed by atoms with Crippen LogP contribution in [0.15, 0.2) is 24.3 Å². The van der Waals surface area contributed by atoms with Crippen molar-refractivity contribution in [2.45, 2.75) is 165 Å². The highest BCUT2D eigenvalue weighted by Crippen LogP contribution is 2.67. The van der Waals surface area contributed by atoms with Gasteiger partial charge in [-0.15, -0.1) is 0 Å². The Morgan fingerprint density at radius 1 is 0.657 bits per heavy atom. The van der Waals surface area contributed by atoms with Crippen molar-refractivity contribution in [1.29, 1.82) is 0 Å². The van der Waals surface area contributed by atoms with E-state index in [1.807, 2.05) is 10.9 Å². The van der Waals surface area contributed by atoms with E-state index in [0.29, 0.717) is 10.3 Å². The molecule has 35 heavy (non-hydrogen) atoms. The standard InChI is InChI=1S/C33H56P2/c1-25(35(32(2,3)4)33(5,6)7)28-22-16-23-29(28)30-21-14-15-24-31(30)34(26-17-10-8-11-18-26)27-19-12-9-13-20-27/h14-15,21,24-29H,8-13,16-20,22-23H2,1-7H3/t25-,28?,29?/m1/s1. The predicted molar refractivity (Wildman–Crippen MR) is 163 cm³/mol. The van der Waals surface area contributed by atoms with Gasteiger partial charge in [0.1, 0.15) is 0 Å². The average Bonchev–Trinajstić information content (AvgIpc) is 3.29. The second-order valence-electron chi connectivity index (χ2n) is 14.2. The van der Waals surface area contributed by atoms with E-state index in [2.05, 4.69) is 72.7 Å². The minimum atomic E-state index is -0.0759. The maximum Gasteiger partial charge on any atom is -0.0121 e. The van der Waals surface area contributed by atoms with Crippen LogP contribution in [0.5, 0.6) is 0 Å². The lowest BCUT2D eigenvalue weighted by molar-refractivity contribution is 0.466. The van der Waals surface area contributed by atoms with Crippen LogP contribution >= 0.6 is 15.8 Å². The van der Waals surface area contributed by atoms with Gasteiger partial charge in [-0.2, -0.15) is 0 Å². The lowest BCUT2D eigenvalue weighted by Crippen LogP contribution is -2.35.